The Kier molecular flexibility index (Phi) is 1.86. The van der Waals surface area contributed by atoms with E-state index in [0.29, 0.717) is 36.9 Å². The van der Waals surface area contributed by atoms with E-state index in [-0.39, 0.29) is 29.6 Å². The third kappa shape index (κ3) is 1.81. The molecule has 4 heterocycles. The summed E-state index contributed by atoms with van der Waals surface area (Å²) in [4.78, 5) is 16.9. The minimum atomic E-state index is -2.04. The molecule has 2 bridgehead atoms. The van der Waals surface area contributed by atoms with Gasteiger partial charge in [0.25, 0.3) is 5.91 Å². The number of nitrogens with zero attached hydrogens (tertiary/aromatic N) is 2. The van der Waals surface area contributed by atoms with Gasteiger partial charge >= 0.3 is 0 Å². The first-order valence-corrected chi connectivity index (χ1v) is 8.37. The van der Waals surface area contributed by atoms with E-state index in [9.17, 15) is 6.17 Å². The van der Waals surface area contributed by atoms with Gasteiger partial charge < -0.3 is 9.80 Å². The molecule has 1 aromatic carbocycles. The SMILES string of the molecule is [2H]c1c([2H])c2c3c(c1[2H])C(=O)N([C@]1([2H])CN4CCC1CC4)C([2H])([2H])[C@H]3CCC2. The summed E-state index contributed by atoms with van der Waals surface area (Å²) in [7, 11) is 0. The Morgan fingerprint density at radius 2 is 2.14 bits per heavy atom. The lowest BCUT2D eigenvalue weighted by atomic mass is 9.75. The molecule has 0 radical (unpaired) electrons. The van der Waals surface area contributed by atoms with Gasteiger partial charge in [-0.05, 0) is 68.3 Å². The minimum Gasteiger partial charge on any atom is -0.333 e. The Bertz CT molecular complexity index is 882. The van der Waals surface area contributed by atoms with E-state index in [0.717, 1.165) is 30.8 Å². The molecule has 3 fully saturated rings. The van der Waals surface area contributed by atoms with Gasteiger partial charge in [0, 0.05) is 30.5 Å². The van der Waals surface area contributed by atoms with Crippen LogP contribution in [-0.4, -0.2) is 47.9 Å². The molecule has 0 spiro atoms. The highest BCUT2D eigenvalue weighted by Gasteiger charge is 2.43. The van der Waals surface area contributed by atoms with Gasteiger partial charge in [-0.1, -0.05) is 12.1 Å². The smallest absolute Gasteiger partial charge is 0.254 e. The van der Waals surface area contributed by atoms with E-state index in [4.69, 9.17) is 6.85 Å². The second kappa shape index (κ2) is 4.82. The monoisotopic (exact) mass is 302 g/mol. The van der Waals surface area contributed by atoms with Crippen LogP contribution in [0.3, 0.4) is 0 Å². The second-order valence-electron chi connectivity index (χ2n) is 6.90. The van der Waals surface area contributed by atoms with Gasteiger partial charge in [0.05, 0.1) is 8.22 Å². The van der Waals surface area contributed by atoms with E-state index >= 15 is 0 Å². The van der Waals surface area contributed by atoms with Crippen molar-refractivity contribution in [3.05, 3.63) is 34.8 Å². The van der Waals surface area contributed by atoms with Crippen LogP contribution in [0.2, 0.25) is 0 Å². The van der Waals surface area contributed by atoms with Crippen molar-refractivity contribution < 1.29 is 13.0 Å². The molecule has 116 valence electrons. The average molecular weight is 302 g/mol. The summed E-state index contributed by atoms with van der Waals surface area (Å²) in [5.74, 6) is -1.36. The fourth-order valence-electron chi connectivity index (χ4n) is 4.54. The zero-order valence-corrected chi connectivity index (χ0v) is 12.6. The van der Waals surface area contributed by atoms with Gasteiger partial charge in [-0.25, -0.2) is 0 Å². The van der Waals surface area contributed by atoms with Gasteiger partial charge in [0.1, 0.15) is 0 Å². The number of piperidine rings is 3. The van der Waals surface area contributed by atoms with Crippen LogP contribution < -0.4 is 0 Å². The Hall–Kier alpha value is -1.35. The first-order valence-electron chi connectivity index (χ1n) is 11.4. The quantitative estimate of drug-likeness (QED) is 0.796. The predicted octanol–water partition coefficient (Wildman–Crippen LogP) is 2.66. The van der Waals surface area contributed by atoms with Crippen LogP contribution in [0.1, 0.15) is 61.3 Å². The van der Waals surface area contributed by atoms with Crippen molar-refractivity contribution in [1.82, 2.24) is 9.80 Å². The normalized spacial score (nSPS) is 45.9. The van der Waals surface area contributed by atoms with Crippen LogP contribution in [0, 0.1) is 5.92 Å². The molecule has 22 heavy (non-hydrogen) atoms. The number of carbonyl (C=O) groups excluding carboxylic acids is 1. The summed E-state index contributed by atoms with van der Waals surface area (Å²) >= 11 is 0. The topological polar surface area (TPSA) is 23.6 Å². The fraction of sp³-hybridized carbons (Fsp3) is 0.632. The van der Waals surface area contributed by atoms with Gasteiger partial charge in [-0.3, -0.25) is 4.79 Å². The lowest BCUT2D eigenvalue weighted by Gasteiger charge is -2.51. The minimum absolute atomic E-state index is 0.0473. The maximum atomic E-state index is 13.6. The number of hydrogen-bond donors (Lipinski definition) is 0. The van der Waals surface area contributed by atoms with Crippen molar-refractivity contribution in [3.8, 4) is 0 Å². The Labute approximate surface area is 140 Å². The molecule has 0 N–H and O–H groups in total. The van der Waals surface area contributed by atoms with E-state index in [1.165, 1.54) is 0 Å². The summed E-state index contributed by atoms with van der Waals surface area (Å²) < 4.78 is 51.9. The highest BCUT2D eigenvalue weighted by Crippen LogP contribution is 2.41. The van der Waals surface area contributed by atoms with Crippen molar-refractivity contribution in [2.75, 3.05) is 26.1 Å². The first-order chi connectivity index (χ1) is 13.2. The van der Waals surface area contributed by atoms with Crippen molar-refractivity contribution >= 4 is 5.91 Å². The molecule has 4 aliphatic heterocycles. The highest BCUT2D eigenvalue weighted by atomic mass is 16.2. The maximum Gasteiger partial charge on any atom is 0.254 e. The number of hydrogen-bond acceptors (Lipinski definition) is 2. The summed E-state index contributed by atoms with van der Waals surface area (Å²) in [6.07, 6.45) is 3.29. The van der Waals surface area contributed by atoms with Crippen molar-refractivity contribution in [2.24, 2.45) is 5.92 Å². The molecule has 1 aromatic rings. The molecule has 0 saturated carbocycles. The molecular formula is C19H24N2O. The molecule has 1 amide bonds. The van der Waals surface area contributed by atoms with Gasteiger partial charge in [0.15, 0.2) is 0 Å². The highest BCUT2D eigenvalue weighted by molar-refractivity contribution is 5.97. The van der Waals surface area contributed by atoms with Crippen molar-refractivity contribution in [3.63, 3.8) is 0 Å². The molecule has 3 nitrogen and oxygen atoms in total. The van der Waals surface area contributed by atoms with Crippen LogP contribution >= 0.6 is 0 Å². The van der Waals surface area contributed by atoms with Gasteiger partial charge in [-0.2, -0.15) is 0 Å². The van der Waals surface area contributed by atoms with Crippen molar-refractivity contribution in [1.29, 1.82) is 0 Å². The molecule has 3 saturated heterocycles. The van der Waals surface area contributed by atoms with Crippen LogP contribution in [0.4, 0.5) is 0 Å². The summed E-state index contributed by atoms with van der Waals surface area (Å²) in [5, 5.41) is 0. The summed E-state index contributed by atoms with van der Waals surface area (Å²) in [5.41, 5.74) is 1.09. The van der Waals surface area contributed by atoms with Crippen LogP contribution in [-0.2, 0) is 6.42 Å². The van der Waals surface area contributed by atoms with Crippen LogP contribution in [0.5, 0.6) is 0 Å². The number of rotatable bonds is 1. The molecule has 5 aliphatic rings. The van der Waals surface area contributed by atoms with Crippen LogP contribution in [0.15, 0.2) is 18.1 Å². The average Bonchev–Trinajstić information content (AvgIpc) is 2.65. The molecule has 3 heteroatoms. The molecule has 6 rings (SSSR count). The molecular weight excluding hydrogens is 272 g/mol. The lowest BCUT2D eigenvalue weighted by Crippen LogP contribution is -2.60. The van der Waals surface area contributed by atoms with E-state index in [1.54, 1.807) is 0 Å². The molecule has 0 aromatic heterocycles. The second-order valence-corrected chi connectivity index (χ2v) is 6.90. The number of benzene rings is 1. The van der Waals surface area contributed by atoms with E-state index in [2.05, 4.69) is 4.90 Å². The first kappa shape index (κ1) is 8.49. The molecule has 0 unspecified atom stereocenters. The summed E-state index contributed by atoms with van der Waals surface area (Å²) in [6.45, 7) is 0.0456. The number of carbonyl (C=O) groups is 1. The van der Waals surface area contributed by atoms with E-state index in [1.807, 2.05) is 0 Å². The Balaban J connectivity index is 1.74. The zero-order chi connectivity index (χ0) is 20.0. The maximum absolute atomic E-state index is 13.6. The van der Waals surface area contributed by atoms with Gasteiger partial charge in [-0.15, -0.1) is 0 Å². The predicted molar refractivity (Wildman–Crippen MR) is 86.1 cm³/mol. The molecule has 1 aliphatic carbocycles. The summed E-state index contributed by atoms with van der Waals surface area (Å²) in [6, 6.07) is -1.96. The Morgan fingerprint density at radius 3 is 2.91 bits per heavy atom. The largest absolute Gasteiger partial charge is 0.333 e. The fourth-order valence-corrected chi connectivity index (χ4v) is 4.54. The third-order valence-corrected chi connectivity index (χ3v) is 5.70. The van der Waals surface area contributed by atoms with Crippen molar-refractivity contribution in [2.45, 2.75) is 44.0 Å². The third-order valence-electron chi connectivity index (χ3n) is 5.70. The number of amides is 1. The zero-order valence-electron chi connectivity index (χ0n) is 18.6. The van der Waals surface area contributed by atoms with Gasteiger partial charge in [0.2, 0.25) is 0 Å². The number of fused-ring (bicyclic) bond motifs is 3. The Morgan fingerprint density at radius 1 is 1.27 bits per heavy atom. The lowest BCUT2D eigenvalue weighted by molar-refractivity contribution is 0.00258. The van der Waals surface area contributed by atoms with E-state index < -0.39 is 24.3 Å². The van der Waals surface area contributed by atoms with Crippen LogP contribution in [0.25, 0.3) is 0 Å². The molecule has 2 atom stereocenters. The standard InChI is InChI=1S/C19H24N2O/c22-19-16-6-2-4-14-3-1-5-15(18(14)16)11-21(19)17-12-20-9-7-13(17)8-10-20/h2,4,6,13,15,17H,1,3,5,7-12H2/t15-,17-/m1/s1/i2D,4D,6D,11D2,17D.